The Bertz CT molecular complexity index is 743. The summed E-state index contributed by atoms with van der Waals surface area (Å²) in [4.78, 5) is 11.2. The second kappa shape index (κ2) is 8.70. The van der Waals surface area contributed by atoms with Crippen molar-refractivity contribution in [2.24, 2.45) is 5.84 Å². The van der Waals surface area contributed by atoms with E-state index in [0.29, 0.717) is 18.1 Å². The highest BCUT2D eigenvalue weighted by Crippen LogP contribution is 2.35. The lowest BCUT2D eigenvalue weighted by Gasteiger charge is -2.14. The van der Waals surface area contributed by atoms with Crippen molar-refractivity contribution in [2.45, 2.75) is 13.5 Å². The largest absolute Gasteiger partial charge is 0.493 e. The first-order chi connectivity index (χ1) is 11.5. The van der Waals surface area contributed by atoms with E-state index >= 15 is 0 Å². The molecule has 0 atom stereocenters. The van der Waals surface area contributed by atoms with E-state index in [1.54, 1.807) is 13.2 Å². The summed E-state index contributed by atoms with van der Waals surface area (Å²) in [5.74, 6) is 5.97. The Morgan fingerprint density at radius 2 is 2.00 bits per heavy atom. The number of amides is 1. The summed E-state index contributed by atoms with van der Waals surface area (Å²) in [6.45, 7) is 2.51. The molecule has 0 aliphatic heterocycles. The van der Waals surface area contributed by atoms with Gasteiger partial charge in [-0.1, -0.05) is 29.8 Å². The lowest BCUT2D eigenvalue weighted by molar-refractivity contribution is -0.116. The van der Waals surface area contributed by atoms with Gasteiger partial charge in [-0.3, -0.25) is 10.2 Å². The fraction of sp³-hybridized carbons (Fsp3) is 0.167. The third-order valence-corrected chi connectivity index (χ3v) is 4.13. The zero-order valence-electron chi connectivity index (χ0n) is 13.5. The Kier molecular flexibility index (Phi) is 6.62. The first kappa shape index (κ1) is 18.3. The van der Waals surface area contributed by atoms with Crippen molar-refractivity contribution in [3.05, 3.63) is 62.7 Å². The first-order valence-electron chi connectivity index (χ1n) is 7.28. The Labute approximate surface area is 154 Å². The molecular formula is C18H19IN2O3. The van der Waals surface area contributed by atoms with Crippen molar-refractivity contribution in [3.63, 3.8) is 0 Å². The molecule has 0 unspecified atom stereocenters. The predicted molar refractivity (Wildman–Crippen MR) is 103 cm³/mol. The fourth-order valence-corrected chi connectivity index (χ4v) is 2.82. The van der Waals surface area contributed by atoms with Crippen molar-refractivity contribution >= 4 is 34.6 Å². The van der Waals surface area contributed by atoms with Gasteiger partial charge in [-0.05, 0) is 58.9 Å². The number of halogens is 1. The monoisotopic (exact) mass is 438 g/mol. The highest BCUT2D eigenvalue weighted by molar-refractivity contribution is 14.1. The van der Waals surface area contributed by atoms with Crippen LogP contribution in [0.15, 0.2) is 42.5 Å². The van der Waals surface area contributed by atoms with Crippen LogP contribution >= 0.6 is 22.6 Å². The molecule has 1 amide bonds. The second-order valence-electron chi connectivity index (χ2n) is 5.15. The molecule has 0 aromatic heterocycles. The van der Waals surface area contributed by atoms with Gasteiger partial charge in [-0.25, -0.2) is 5.84 Å². The minimum Gasteiger partial charge on any atom is -0.493 e. The number of rotatable bonds is 6. The molecule has 0 saturated heterocycles. The smallest absolute Gasteiger partial charge is 0.257 e. The van der Waals surface area contributed by atoms with Crippen molar-refractivity contribution in [1.82, 2.24) is 5.43 Å². The van der Waals surface area contributed by atoms with Crippen molar-refractivity contribution in [2.75, 3.05) is 7.11 Å². The number of carbonyl (C=O) groups excluding carboxylic acids is 1. The third-order valence-electron chi connectivity index (χ3n) is 3.32. The first-order valence-corrected chi connectivity index (χ1v) is 8.36. The van der Waals surface area contributed by atoms with Gasteiger partial charge in [0.25, 0.3) is 5.91 Å². The molecule has 0 fully saturated rings. The maximum atomic E-state index is 11.2. The summed E-state index contributed by atoms with van der Waals surface area (Å²) in [5, 5.41) is 0. The van der Waals surface area contributed by atoms with E-state index in [1.807, 2.05) is 36.6 Å². The Morgan fingerprint density at radius 3 is 2.62 bits per heavy atom. The number of hydrogen-bond acceptors (Lipinski definition) is 4. The average molecular weight is 438 g/mol. The number of hydrazine groups is 1. The van der Waals surface area contributed by atoms with Crippen LogP contribution < -0.4 is 20.7 Å². The summed E-state index contributed by atoms with van der Waals surface area (Å²) < 4.78 is 12.2. The van der Waals surface area contributed by atoms with Crippen LogP contribution in [0.3, 0.4) is 0 Å². The lowest BCUT2D eigenvalue weighted by Crippen LogP contribution is -2.27. The summed E-state index contributed by atoms with van der Waals surface area (Å²) in [7, 11) is 1.59. The Hall–Kier alpha value is -2.06. The summed E-state index contributed by atoms with van der Waals surface area (Å²) in [5.41, 5.74) is 5.17. The van der Waals surface area contributed by atoms with Crippen LogP contribution in [0.5, 0.6) is 11.5 Å². The molecule has 0 aliphatic carbocycles. The number of benzene rings is 2. The molecule has 6 heteroatoms. The van der Waals surface area contributed by atoms with Gasteiger partial charge in [0.15, 0.2) is 11.5 Å². The van der Waals surface area contributed by atoms with E-state index in [0.717, 1.165) is 14.7 Å². The van der Waals surface area contributed by atoms with Crippen LogP contribution in [0, 0.1) is 10.5 Å². The second-order valence-corrected chi connectivity index (χ2v) is 6.31. The molecule has 5 nitrogen and oxygen atoms in total. The van der Waals surface area contributed by atoms with Crippen LogP contribution in [-0.2, 0) is 11.4 Å². The van der Waals surface area contributed by atoms with Crippen LogP contribution in [0.4, 0.5) is 0 Å². The molecule has 0 radical (unpaired) electrons. The standard InChI is InChI=1S/C18H19IN2O3/c1-12-3-5-13(6-4-12)11-24-18-15(19)9-14(10-16(18)23-2)7-8-17(22)21-20/h3-10H,11,20H2,1-2H3,(H,21,22)/b8-7+. The highest BCUT2D eigenvalue weighted by atomic mass is 127. The van der Waals surface area contributed by atoms with Gasteiger partial charge in [0, 0.05) is 6.08 Å². The number of ether oxygens (including phenoxy) is 2. The summed E-state index contributed by atoms with van der Waals surface area (Å²) in [6.07, 6.45) is 3.02. The number of methoxy groups -OCH3 is 1. The van der Waals surface area contributed by atoms with Gasteiger partial charge in [0.1, 0.15) is 6.61 Å². The van der Waals surface area contributed by atoms with Gasteiger partial charge in [0.05, 0.1) is 10.7 Å². The molecule has 0 aliphatic rings. The van der Waals surface area contributed by atoms with E-state index in [9.17, 15) is 4.79 Å². The van der Waals surface area contributed by atoms with Crippen LogP contribution in [0.25, 0.3) is 6.08 Å². The molecule has 0 saturated carbocycles. The third kappa shape index (κ3) is 4.97. The molecule has 2 rings (SSSR count). The van der Waals surface area contributed by atoms with Crippen molar-refractivity contribution in [1.29, 1.82) is 0 Å². The van der Waals surface area contributed by atoms with E-state index in [-0.39, 0.29) is 5.91 Å². The molecule has 2 aromatic rings. The number of nitrogens with one attached hydrogen (secondary N) is 1. The number of nitrogens with two attached hydrogens (primary N) is 1. The molecule has 24 heavy (non-hydrogen) atoms. The molecule has 0 heterocycles. The van der Waals surface area contributed by atoms with Crippen LogP contribution in [0.2, 0.25) is 0 Å². The van der Waals surface area contributed by atoms with Crippen molar-refractivity contribution < 1.29 is 14.3 Å². The quantitative estimate of drug-likeness (QED) is 0.239. The zero-order valence-corrected chi connectivity index (χ0v) is 15.7. The summed E-state index contributed by atoms with van der Waals surface area (Å²) >= 11 is 2.19. The molecule has 0 spiro atoms. The van der Waals surface area contributed by atoms with Gasteiger partial charge in [-0.2, -0.15) is 0 Å². The predicted octanol–water partition coefficient (Wildman–Crippen LogP) is 3.19. The molecule has 126 valence electrons. The fourth-order valence-electron chi connectivity index (χ4n) is 2.04. The molecular weight excluding hydrogens is 419 g/mol. The maximum absolute atomic E-state index is 11.2. The molecule has 0 bridgehead atoms. The van der Waals surface area contributed by atoms with Crippen LogP contribution in [-0.4, -0.2) is 13.0 Å². The van der Waals surface area contributed by atoms with Gasteiger partial charge < -0.3 is 9.47 Å². The van der Waals surface area contributed by atoms with Gasteiger partial charge >= 0.3 is 0 Å². The van der Waals surface area contributed by atoms with Gasteiger partial charge in [-0.15, -0.1) is 0 Å². The molecule has 3 N–H and O–H groups in total. The maximum Gasteiger partial charge on any atom is 0.257 e. The van der Waals surface area contributed by atoms with E-state index in [2.05, 4.69) is 34.7 Å². The number of carbonyl (C=O) groups is 1. The van der Waals surface area contributed by atoms with Crippen LogP contribution in [0.1, 0.15) is 16.7 Å². The SMILES string of the molecule is COc1cc(/C=C/C(=O)NN)cc(I)c1OCc1ccc(C)cc1. The van der Waals surface area contributed by atoms with E-state index in [1.165, 1.54) is 11.6 Å². The minimum absolute atomic E-state index is 0.372. The zero-order chi connectivity index (χ0) is 17.5. The number of aryl methyl sites for hydroxylation is 1. The van der Waals surface area contributed by atoms with Gasteiger partial charge in [0.2, 0.25) is 0 Å². The Morgan fingerprint density at radius 1 is 1.29 bits per heavy atom. The topological polar surface area (TPSA) is 73.6 Å². The highest BCUT2D eigenvalue weighted by Gasteiger charge is 2.11. The van der Waals surface area contributed by atoms with E-state index in [4.69, 9.17) is 15.3 Å². The lowest BCUT2D eigenvalue weighted by atomic mass is 10.1. The molecule has 2 aromatic carbocycles. The normalized spacial score (nSPS) is 10.7. The number of hydrogen-bond donors (Lipinski definition) is 2. The summed E-state index contributed by atoms with van der Waals surface area (Å²) in [6, 6.07) is 11.9. The average Bonchev–Trinajstić information content (AvgIpc) is 2.59. The van der Waals surface area contributed by atoms with Crippen molar-refractivity contribution in [3.8, 4) is 11.5 Å². The Balaban J connectivity index is 2.18. The minimum atomic E-state index is -0.372. The van der Waals surface area contributed by atoms with E-state index < -0.39 is 0 Å².